The third-order valence-electron chi connectivity index (χ3n) is 7.69. The molecule has 5 atom stereocenters. The number of rotatable bonds is 4. The number of methoxy groups -OCH3 is 1. The van der Waals surface area contributed by atoms with Crippen molar-refractivity contribution in [2.45, 2.75) is 18.5 Å². The fraction of sp³-hybridized carbons (Fsp3) is 0.241. The van der Waals surface area contributed by atoms with E-state index in [1.54, 1.807) is 53.4 Å². The summed E-state index contributed by atoms with van der Waals surface area (Å²) in [5.74, 6) is -2.93. The molecule has 7 rings (SSSR count). The minimum Gasteiger partial charge on any atom is -0.497 e. The van der Waals surface area contributed by atoms with Crippen LogP contribution in [0, 0.1) is 17.8 Å². The highest BCUT2D eigenvalue weighted by atomic mass is 16.5. The maximum Gasteiger partial charge on any atom is 0.254 e. The second-order valence-corrected chi connectivity index (χ2v) is 9.46. The van der Waals surface area contributed by atoms with E-state index in [9.17, 15) is 19.2 Å². The van der Waals surface area contributed by atoms with Crippen LogP contribution in [0.4, 0.5) is 5.69 Å². The average Bonchev–Trinajstić information content (AvgIpc) is 3.19. The van der Waals surface area contributed by atoms with Crippen molar-refractivity contribution in [3.8, 4) is 5.75 Å². The van der Waals surface area contributed by atoms with Crippen LogP contribution in [-0.4, -0.2) is 41.6 Å². The van der Waals surface area contributed by atoms with Gasteiger partial charge >= 0.3 is 0 Å². The molecular weight excluding hydrogens is 456 g/mol. The quantitative estimate of drug-likeness (QED) is 0.533. The van der Waals surface area contributed by atoms with Gasteiger partial charge in [0.25, 0.3) is 5.91 Å². The van der Waals surface area contributed by atoms with Crippen molar-refractivity contribution >= 4 is 29.2 Å². The Morgan fingerprint density at radius 3 is 2.17 bits per heavy atom. The summed E-state index contributed by atoms with van der Waals surface area (Å²) >= 11 is 0. The number of benzene rings is 3. The van der Waals surface area contributed by atoms with Gasteiger partial charge in [0, 0.05) is 12.0 Å². The molecule has 1 aliphatic carbocycles. The number of imide groups is 1. The summed E-state index contributed by atoms with van der Waals surface area (Å²) in [6.45, 7) is 0. The van der Waals surface area contributed by atoms with Gasteiger partial charge in [0.05, 0.1) is 42.6 Å². The van der Waals surface area contributed by atoms with E-state index in [0.29, 0.717) is 17.0 Å². The highest BCUT2D eigenvalue weighted by Crippen LogP contribution is 2.55. The van der Waals surface area contributed by atoms with E-state index in [1.165, 1.54) is 12.0 Å². The average molecular weight is 481 g/mol. The number of para-hydroxylation sites is 1. The lowest BCUT2D eigenvalue weighted by molar-refractivity contribution is -0.153. The highest BCUT2D eigenvalue weighted by molar-refractivity contribution is 6.24. The topological polar surface area (TPSA) is 84.0 Å². The molecule has 4 fully saturated rings. The molecule has 0 radical (unpaired) electrons. The summed E-state index contributed by atoms with van der Waals surface area (Å²) in [6.07, 6.45) is 0.0481. The van der Waals surface area contributed by atoms with Crippen LogP contribution >= 0.6 is 0 Å². The van der Waals surface area contributed by atoms with Crippen molar-refractivity contribution in [2.24, 2.45) is 17.8 Å². The first kappa shape index (κ1) is 22.2. The number of nitrogens with zero attached hydrogens (tertiary/aromatic N) is 2. The minimum atomic E-state index is -0.804. The lowest BCUT2D eigenvalue weighted by Gasteiger charge is -2.54. The molecule has 3 saturated heterocycles. The summed E-state index contributed by atoms with van der Waals surface area (Å²) in [4.78, 5) is 57.8. The number of hydrogen-bond donors (Lipinski definition) is 0. The molecule has 180 valence electrons. The molecule has 1 saturated carbocycles. The van der Waals surface area contributed by atoms with E-state index in [-0.39, 0.29) is 29.9 Å². The minimum absolute atomic E-state index is 0.0481. The van der Waals surface area contributed by atoms with Crippen LogP contribution in [0.25, 0.3) is 0 Å². The molecule has 4 aliphatic rings. The number of ketones is 1. The lowest BCUT2D eigenvalue weighted by atomic mass is 9.60. The van der Waals surface area contributed by atoms with Crippen LogP contribution in [0.1, 0.15) is 28.4 Å². The molecule has 3 aromatic rings. The number of piperidine rings is 2. The summed E-state index contributed by atoms with van der Waals surface area (Å²) in [6, 6.07) is 23.6. The Labute approximate surface area is 208 Å². The third-order valence-corrected chi connectivity index (χ3v) is 7.69. The first-order chi connectivity index (χ1) is 17.5. The van der Waals surface area contributed by atoms with Gasteiger partial charge in [-0.05, 0) is 35.9 Å². The van der Waals surface area contributed by atoms with E-state index < -0.39 is 29.8 Å². The number of ether oxygens (including phenoxy) is 1. The second kappa shape index (κ2) is 8.45. The van der Waals surface area contributed by atoms with Crippen molar-refractivity contribution in [1.29, 1.82) is 0 Å². The van der Waals surface area contributed by atoms with Gasteiger partial charge in [-0.15, -0.1) is 0 Å². The molecule has 2 bridgehead atoms. The summed E-state index contributed by atoms with van der Waals surface area (Å²) < 4.78 is 5.32. The normalized spacial score (nSPS) is 26.8. The largest absolute Gasteiger partial charge is 0.497 e. The number of anilines is 1. The Morgan fingerprint density at radius 2 is 1.47 bits per heavy atom. The van der Waals surface area contributed by atoms with Gasteiger partial charge in [-0.1, -0.05) is 54.6 Å². The number of amides is 3. The van der Waals surface area contributed by atoms with Crippen LogP contribution in [0.15, 0.2) is 84.9 Å². The predicted octanol–water partition coefficient (Wildman–Crippen LogP) is 3.66. The van der Waals surface area contributed by atoms with Crippen LogP contribution in [0.2, 0.25) is 0 Å². The van der Waals surface area contributed by atoms with Crippen LogP contribution in [-0.2, 0) is 14.4 Å². The summed E-state index contributed by atoms with van der Waals surface area (Å²) in [7, 11) is 1.53. The first-order valence-corrected chi connectivity index (χ1v) is 12.0. The molecule has 0 aromatic heterocycles. The fourth-order valence-corrected chi connectivity index (χ4v) is 6.22. The van der Waals surface area contributed by atoms with Crippen molar-refractivity contribution in [2.75, 3.05) is 12.0 Å². The highest BCUT2D eigenvalue weighted by Gasteiger charge is 2.67. The molecule has 7 nitrogen and oxygen atoms in total. The van der Waals surface area contributed by atoms with E-state index in [1.807, 2.05) is 36.4 Å². The van der Waals surface area contributed by atoms with E-state index in [4.69, 9.17) is 4.74 Å². The van der Waals surface area contributed by atoms with Gasteiger partial charge in [0.1, 0.15) is 11.5 Å². The third kappa shape index (κ3) is 3.19. The number of Topliss-reactive ketones (excluding diaryl/α,β-unsaturated/α-hetero) is 1. The Balaban J connectivity index is 1.50. The van der Waals surface area contributed by atoms with Crippen molar-refractivity contribution in [1.82, 2.24) is 4.90 Å². The SMILES string of the molecule is COc1cccc(C(=O)N2C(c3ccccc3)[C@H]3C(=O)C[C@@H]2[C@@H]2C(=O)N(c4ccccc4)C(=O)[C@@H]23)c1. The molecule has 7 heteroatoms. The van der Waals surface area contributed by atoms with Gasteiger partial charge in [-0.3, -0.25) is 19.2 Å². The molecule has 3 heterocycles. The monoisotopic (exact) mass is 480 g/mol. The maximum atomic E-state index is 14.0. The second-order valence-electron chi connectivity index (χ2n) is 9.46. The Morgan fingerprint density at radius 1 is 0.806 bits per heavy atom. The smallest absolute Gasteiger partial charge is 0.254 e. The van der Waals surface area contributed by atoms with Gasteiger partial charge < -0.3 is 9.64 Å². The molecule has 3 aromatic carbocycles. The zero-order valence-corrected chi connectivity index (χ0v) is 19.6. The van der Waals surface area contributed by atoms with Gasteiger partial charge in [0.15, 0.2) is 0 Å². The number of fused-ring (bicyclic) bond motifs is 2. The first-order valence-electron chi connectivity index (χ1n) is 12.0. The van der Waals surface area contributed by atoms with Crippen molar-refractivity contribution in [3.05, 3.63) is 96.1 Å². The molecule has 1 unspecified atom stereocenters. The molecule has 0 N–H and O–H groups in total. The van der Waals surface area contributed by atoms with Crippen LogP contribution in [0.3, 0.4) is 0 Å². The zero-order valence-electron chi connectivity index (χ0n) is 19.6. The van der Waals surface area contributed by atoms with E-state index in [2.05, 4.69) is 0 Å². The summed E-state index contributed by atoms with van der Waals surface area (Å²) in [5, 5.41) is 0. The van der Waals surface area contributed by atoms with E-state index >= 15 is 0 Å². The van der Waals surface area contributed by atoms with Gasteiger partial charge in [-0.2, -0.15) is 0 Å². The van der Waals surface area contributed by atoms with Crippen LogP contribution < -0.4 is 9.64 Å². The Bertz CT molecular complexity index is 1370. The summed E-state index contributed by atoms with van der Waals surface area (Å²) in [5.41, 5.74) is 1.66. The fourth-order valence-electron chi connectivity index (χ4n) is 6.22. The van der Waals surface area contributed by atoms with Gasteiger partial charge in [0.2, 0.25) is 11.8 Å². The molecule has 36 heavy (non-hydrogen) atoms. The molecule has 0 spiro atoms. The number of hydrogen-bond acceptors (Lipinski definition) is 5. The molecule has 3 aliphatic heterocycles. The van der Waals surface area contributed by atoms with Crippen molar-refractivity contribution in [3.63, 3.8) is 0 Å². The Kier molecular flexibility index (Phi) is 5.21. The van der Waals surface area contributed by atoms with Gasteiger partial charge in [-0.25, -0.2) is 4.90 Å². The maximum absolute atomic E-state index is 14.0. The van der Waals surface area contributed by atoms with Crippen molar-refractivity contribution < 1.29 is 23.9 Å². The zero-order chi connectivity index (χ0) is 25.0. The predicted molar refractivity (Wildman–Crippen MR) is 131 cm³/mol. The number of carbonyl (C=O) groups is 4. The van der Waals surface area contributed by atoms with E-state index in [0.717, 1.165) is 5.56 Å². The Hall–Kier alpha value is -4.26. The lowest BCUT2D eigenvalue weighted by Crippen LogP contribution is -2.64. The molecule has 3 amide bonds. The number of carbonyl (C=O) groups excluding carboxylic acids is 4. The van der Waals surface area contributed by atoms with Crippen LogP contribution in [0.5, 0.6) is 5.75 Å². The molecular formula is C29H24N2O5. The standard InChI is InChI=1S/C29H24N2O5/c1-36-20-14-8-11-18(15-20)27(33)31-21-16-22(32)24(26(31)17-9-4-2-5-10-17)25-23(21)28(34)30(29(25)35)19-12-6-3-7-13-19/h2-15,21,23-26H,16H2,1H3/t21-,23+,24+,25+,26?/m1/s1.